The molecule has 1 atom stereocenters. The van der Waals surface area contributed by atoms with Crippen molar-refractivity contribution >= 4 is 5.78 Å². The third-order valence-electron chi connectivity index (χ3n) is 3.00. The molecule has 18 heavy (non-hydrogen) atoms. The van der Waals surface area contributed by atoms with E-state index >= 15 is 0 Å². The quantitative estimate of drug-likeness (QED) is 0.749. The van der Waals surface area contributed by atoms with Gasteiger partial charge in [-0.05, 0) is 30.5 Å². The summed E-state index contributed by atoms with van der Waals surface area (Å²) >= 11 is 0. The highest BCUT2D eigenvalue weighted by Crippen LogP contribution is 2.14. The Labute approximate surface area is 111 Å². The second-order valence-electron chi connectivity index (χ2n) is 5.37. The molecule has 0 aromatic heterocycles. The Morgan fingerprint density at radius 3 is 2.61 bits per heavy atom. The van der Waals surface area contributed by atoms with Gasteiger partial charge in [-0.1, -0.05) is 45.9 Å². The maximum absolute atomic E-state index is 12.2. The first kappa shape index (κ1) is 14.9. The molecule has 1 rings (SSSR count). The maximum atomic E-state index is 12.2. The topological polar surface area (TPSA) is 29.1 Å². The van der Waals surface area contributed by atoms with Gasteiger partial charge in [-0.15, -0.1) is 0 Å². The smallest absolute Gasteiger partial charge is 0.166 e. The van der Waals surface area contributed by atoms with E-state index < -0.39 is 0 Å². The van der Waals surface area contributed by atoms with Crippen LogP contribution in [0.15, 0.2) is 24.3 Å². The van der Waals surface area contributed by atoms with Crippen molar-refractivity contribution in [1.82, 2.24) is 5.32 Å². The van der Waals surface area contributed by atoms with Crippen molar-refractivity contribution in [1.29, 1.82) is 0 Å². The summed E-state index contributed by atoms with van der Waals surface area (Å²) in [5.41, 5.74) is 2.10. The zero-order valence-corrected chi connectivity index (χ0v) is 12.0. The van der Waals surface area contributed by atoms with Crippen LogP contribution in [0.5, 0.6) is 0 Å². The van der Waals surface area contributed by atoms with Crippen LogP contribution in [-0.2, 0) is 6.42 Å². The van der Waals surface area contributed by atoms with Gasteiger partial charge in [0.2, 0.25) is 0 Å². The predicted octanol–water partition coefficient (Wildman–Crippen LogP) is 3.31. The number of nitrogens with one attached hydrogen (secondary N) is 1. The fourth-order valence-electron chi connectivity index (χ4n) is 2.06. The zero-order valence-electron chi connectivity index (χ0n) is 12.0. The summed E-state index contributed by atoms with van der Waals surface area (Å²) in [7, 11) is 0. The monoisotopic (exact) mass is 247 g/mol. The summed E-state index contributed by atoms with van der Waals surface area (Å²) in [6.45, 7) is 10.1. The molecule has 1 aromatic carbocycles. The van der Waals surface area contributed by atoms with Gasteiger partial charge in [-0.2, -0.15) is 0 Å². The van der Waals surface area contributed by atoms with Crippen LogP contribution in [0, 0.1) is 11.8 Å². The normalized spacial score (nSPS) is 12.7. The first-order chi connectivity index (χ1) is 8.54. The lowest BCUT2D eigenvalue weighted by atomic mass is 9.95. The predicted molar refractivity (Wildman–Crippen MR) is 77.0 cm³/mol. The molecule has 0 radical (unpaired) electrons. The minimum atomic E-state index is 0.0410. The highest BCUT2D eigenvalue weighted by molar-refractivity contribution is 5.97. The first-order valence-corrected chi connectivity index (χ1v) is 6.88. The Balaban J connectivity index is 2.73. The summed E-state index contributed by atoms with van der Waals surface area (Å²) in [6, 6.07) is 8.07. The van der Waals surface area contributed by atoms with E-state index in [1.807, 2.05) is 25.1 Å². The molecule has 0 spiro atoms. The summed E-state index contributed by atoms with van der Waals surface area (Å²) < 4.78 is 0. The van der Waals surface area contributed by atoms with Crippen molar-refractivity contribution in [2.24, 2.45) is 11.8 Å². The average molecular weight is 247 g/mol. The Morgan fingerprint density at radius 1 is 1.28 bits per heavy atom. The van der Waals surface area contributed by atoms with Gasteiger partial charge in [-0.3, -0.25) is 4.79 Å². The summed E-state index contributed by atoms with van der Waals surface area (Å²) in [6.07, 6.45) is 1.03. The molecule has 2 heteroatoms. The van der Waals surface area contributed by atoms with Crippen LogP contribution >= 0.6 is 0 Å². The number of ketones is 1. The number of carbonyl (C=O) groups is 1. The van der Waals surface area contributed by atoms with Crippen molar-refractivity contribution in [3.63, 3.8) is 0 Å². The van der Waals surface area contributed by atoms with Crippen molar-refractivity contribution in [3.8, 4) is 0 Å². The van der Waals surface area contributed by atoms with E-state index in [-0.39, 0.29) is 11.7 Å². The molecular formula is C16H25NO. The van der Waals surface area contributed by atoms with E-state index in [0.717, 1.165) is 25.1 Å². The highest BCUT2D eigenvalue weighted by atomic mass is 16.1. The number of carbonyl (C=O) groups excluding carboxylic acids is 1. The largest absolute Gasteiger partial charge is 0.316 e. The molecule has 0 aliphatic carbocycles. The lowest BCUT2D eigenvalue weighted by Gasteiger charge is -2.12. The van der Waals surface area contributed by atoms with Gasteiger partial charge in [0.25, 0.3) is 0 Å². The Morgan fingerprint density at radius 2 is 2.00 bits per heavy atom. The lowest BCUT2D eigenvalue weighted by Crippen LogP contribution is -2.26. The van der Waals surface area contributed by atoms with Crippen LogP contribution < -0.4 is 5.32 Å². The molecule has 1 aromatic rings. The molecular weight excluding hydrogens is 222 g/mol. The van der Waals surface area contributed by atoms with Crippen LogP contribution in [0.1, 0.15) is 43.6 Å². The van der Waals surface area contributed by atoms with Crippen molar-refractivity contribution < 1.29 is 4.79 Å². The molecule has 0 bridgehead atoms. The third kappa shape index (κ3) is 4.61. The molecule has 0 aliphatic heterocycles. The van der Waals surface area contributed by atoms with Crippen molar-refractivity contribution in [2.75, 3.05) is 13.1 Å². The van der Waals surface area contributed by atoms with Crippen molar-refractivity contribution in [2.45, 2.75) is 34.1 Å². The second-order valence-corrected chi connectivity index (χ2v) is 5.37. The number of benzene rings is 1. The van der Waals surface area contributed by atoms with Gasteiger partial charge in [0.05, 0.1) is 0 Å². The molecule has 0 aliphatic rings. The van der Waals surface area contributed by atoms with Gasteiger partial charge in [0, 0.05) is 18.0 Å². The standard InChI is InChI=1S/C16H25NO/c1-5-17-11-13(4)16(18)15-8-6-7-14(10-15)9-12(2)3/h6-8,10,12-13,17H,5,9,11H2,1-4H3. The molecule has 0 heterocycles. The van der Waals surface area contributed by atoms with Gasteiger partial charge < -0.3 is 5.32 Å². The highest BCUT2D eigenvalue weighted by Gasteiger charge is 2.14. The van der Waals surface area contributed by atoms with E-state index in [0.29, 0.717) is 5.92 Å². The Bertz CT molecular complexity index is 384. The SMILES string of the molecule is CCNCC(C)C(=O)c1cccc(CC(C)C)c1. The van der Waals surface area contributed by atoms with E-state index in [4.69, 9.17) is 0 Å². The second kappa shape index (κ2) is 7.32. The number of hydrogen-bond donors (Lipinski definition) is 1. The van der Waals surface area contributed by atoms with E-state index in [2.05, 4.69) is 32.2 Å². The average Bonchev–Trinajstić information content (AvgIpc) is 2.34. The fourth-order valence-corrected chi connectivity index (χ4v) is 2.06. The van der Waals surface area contributed by atoms with E-state index in [9.17, 15) is 4.79 Å². The molecule has 0 amide bonds. The molecule has 0 saturated carbocycles. The van der Waals surface area contributed by atoms with Gasteiger partial charge in [0.15, 0.2) is 5.78 Å². The first-order valence-electron chi connectivity index (χ1n) is 6.88. The summed E-state index contributed by atoms with van der Waals surface area (Å²) in [5, 5.41) is 3.22. The number of hydrogen-bond acceptors (Lipinski definition) is 2. The van der Waals surface area contributed by atoms with Crippen LogP contribution in [0.25, 0.3) is 0 Å². The third-order valence-corrected chi connectivity index (χ3v) is 3.00. The van der Waals surface area contributed by atoms with Gasteiger partial charge >= 0.3 is 0 Å². The van der Waals surface area contributed by atoms with Crippen LogP contribution in [0.3, 0.4) is 0 Å². The van der Waals surface area contributed by atoms with Crippen LogP contribution in [0.2, 0.25) is 0 Å². The molecule has 2 nitrogen and oxygen atoms in total. The van der Waals surface area contributed by atoms with E-state index in [1.165, 1.54) is 5.56 Å². The van der Waals surface area contributed by atoms with Gasteiger partial charge in [-0.25, -0.2) is 0 Å². The fraction of sp³-hybridized carbons (Fsp3) is 0.562. The van der Waals surface area contributed by atoms with Crippen LogP contribution in [0.4, 0.5) is 0 Å². The molecule has 1 N–H and O–H groups in total. The molecule has 0 saturated heterocycles. The lowest BCUT2D eigenvalue weighted by molar-refractivity contribution is 0.0929. The Kier molecular flexibility index (Phi) is 6.06. The number of Topliss-reactive ketones (excluding diaryl/α,β-unsaturated/α-hetero) is 1. The summed E-state index contributed by atoms with van der Waals surface area (Å²) in [4.78, 5) is 12.2. The number of rotatable bonds is 7. The summed E-state index contributed by atoms with van der Waals surface area (Å²) in [5.74, 6) is 0.898. The maximum Gasteiger partial charge on any atom is 0.166 e. The molecule has 1 unspecified atom stereocenters. The van der Waals surface area contributed by atoms with Gasteiger partial charge in [0.1, 0.15) is 0 Å². The van der Waals surface area contributed by atoms with Crippen molar-refractivity contribution in [3.05, 3.63) is 35.4 Å². The molecule has 0 fully saturated rings. The zero-order chi connectivity index (χ0) is 13.5. The van der Waals surface area contributed by atoms with E-state index in [1.54, 1.807) is 0 Å². The molecule has 100 valence electrons. The van der Waals surface area contributed by atoms with Crippen LogP contribution in [-0.4, -0.2) is 18.9 Å². The minimum Gasteiger partial charge on any atom is -0.316 e. The minimum absolute atomic E-state index is 0.0410. The Hall–Kier alpha value is -1.15.